The van der Waals surface area contributed by atoms with Gasteiger partial charge >= 0.3 is 5.97 Å². The number of ether oxygens (including phenoxy) is 1. The third-order valence-corrected chi connectivity index (χ3v) is 4.30. The van der Waals surface area contributed by atoms with Gasteiger partial charge in [0.15, 0.2) is 5.82 Å². The minimum absolute atomic E-state index is 0.109. The molecule has 1 N–H and O–H groups in total. The molecule has 2 rings (SSSR count). The number of rotatable bonds is 4. The van der Waals surface area contributed by atoms with Crippen LogP contribution in [0.15, 0.2) is 34.8 Å². The summed E-state index contributed by atoms with van der Waals surface area (Å²) >= 11 is 12.7. The molecule has 0 amide bonds. The largest absolute Gasteiger partial charge is 0.506 e. The smallest absolute Gasteiger partial charge is 0.343 e. The molecule has 0 aliphatic heterocycles. The Hall–Kier alpha value is -1.96. The van der Waals surface area contributed by atoms with Gasteiger partial charge in [0.05, 0.1) is 17.1 Å². The van der Waals surface area contributed by atoms with Crippen LogP contribution in [0.4, 0.5) is 14.5 Å². The summed E-state index contributed by atoms with van der Waals surface area (Å²) in [5.74, 6) is -3.14. The summed E-state index contributed by atoms with van der Waals surface area (Å²) in [5, 5.41) is 10.3. The van der Waals surface area contributed by atoms with Crippen LogP contribution in [0.2, 0.25) is 8.67 Å². The molecular formula is C15H9Cl2F2NO3S. The summed E-state index contributed by atoms with van der Waals surface area (Å²) in [6.07, 6.45) is 0.902. The fraction of sp³-hybridized carbons (Fsp3) is 0.0667. The quantitative estimate of drug-likeness (QED) is 0.338. The number of aliphatic hydroxyl groups excluding tert-OH is 1. The number of methoxy groups -OCH3 is 1. The Balaban J connectivity index is 2.49. The second kappa shape index (κ2) is 7.74. The van der Waals surface area contributed by atoms with Gasteiger partial charge in [-0.2, -0.15) is 0 Å². The summed E-state index contributed by atoms with van der Waals surface area (Å²) in [5.41, 5.74) is -0.476. The normalized spacial score (nSPS) is 12.4. The van der Waals surface area contributed by atoms with Gasteiger partial charge in [0.1, 0.15) is 21.5 Å². The maximum Gasteiger partial charge on any atom is 0.343 e. The molecule has 0 aliphatic rings. The van der Waals surface area contributed by atoms with Crippen molar-refractivity contribution in [3.8, 4) is 0 Å². The van der Waals surface area contributed by atoms with E-state index in [4.69, 9.17) is 23.2 Å². The van der Waals surface area contributed by atoms with E-state index in [9.17, 15) is 18.7 Å². The topological polar surface area (TPSA) is 58.9 Å². The lowest BCUT2D eigenvalue weighted by Gasteiger charge is -2.04. The second-order valence-electron chi connectivity index (χ2n) is 4.35. The highest BCUT2D eigenvalue weighted by Crippen LogP contribution is 2.35. The lowest BCUT2D eigenvalue weighted by molar-refractivity contribution is -0.135. The van der Waals surface area contributed by atoms with E-state index in [0.717, 1.165) is 36.8 Å². The number of thiophene rings is 1. The van der Waals surface area contributed by atoms with Crippen molar-refractivity contribution in [2.24, 2.45) is 4.99 Å². The number of benzene rings is 1. The summed E-state index contributed by atoms with van der Waals surface area (Å²) in [6, 6.07) is 4.09. The molecule has 0 spiro atoms. The number of halogens is 4. The number of nitrogens with zero attached hydrogens (tertiary/aromatic N) is 1. The highest BCUT2D eigenvalue weighted by molar-refractivity contribution is 7.20. The molecule has 1 aromatic carbocycles. The SMILES string of the molecule is COC(=O)/C(C=Nc1ccc(F)cc1F)=C(\O)c1cc(Cl)sc1Cl. The Morgan fingerprint density at radius 3 is 2.58 bits per heavy atom. The van der Waals surface area contributed by atoms with Gasteiger partial charge in [0.2, 0.25) is 0 Å². The standard InChI is InChI=1S/C15H9Cl2F2NO3S/c1-23-15(22)9(13(21)8-5-12(16)24-14(8)17)6-20-11-3-2-7(18)4-10(11)19/h2-6,21H,1H3/b13-9-,20-6?. The minimum atomic E-state index is -0.924. The van der Waals surface area contributed by atoms with Crippen LogP contribution in [-0.2, 0) is 9.53 Å². The Labute approximate surface area is 149 Å². The van der Waals surface area contributed by atoms with Crippen LogP contribution < -0.4 is 0 Å². The van der Waals surface area contributed by atoms with Crippen LogP contribution in [-0.4, -0.2) is 24.4 Å². The number of hydrogen-bond acceptors (Lipinski definition) is 5. The van der Waals surface area contributed by atoms with Crippen LogP contribution in [0.5, 0.6) is 0 Å². The number of carbonyl (C=O) groups is 1. The molecule has 9 heteroatoms. The highest BCUT2D eigenvalue weighted by Gasteiger charge is 2.19. The molecule has 2 aromatic rings. The zero-order valence-corrected chi connectivity index (χ0v) is 14.3. The summed E-state index contributed by atoms with van der Waals surface area (Å²) in [4.78, 5) is 15.6. The molecule has 0 radical (unpaired) electrons. The number of aliphatic imine (C=N–C) groups is 1. The first-order chi connectivity index (χ1) is 11.3. The molecule has 0 unspecified atom stereocenters. The average molecular weight is 392 g/mol. The molecule has 4 nitrogen and oxygen atoms in total. The lowest BCUT2D eigenvalue weighted by Crippen LogP contribution is -2.09. The molecule has 126 valence electrons. The highest BCUT2D eigenvalue weighted by atomic mass is 35.5. The van der Waals surface area contributed by atoms with Crippen molar-refractivity contribution in [2.75, 3.05) is 7.11 Å². The molecule has 1 heterocycles. The first kappa shape index (κ1) is 18.4. The Morgan fingerprint density at radius 2 is 2.04 bits per heavy atom. The van der Waals surface area contributed by atoms with Crippen molar-refractivity contribution in [3.63, 3.8) is 0 Å². The molecule has 0 bridgehead atoms. The lowest BCUT2D eigenvalue weighted by atomic mass is 10.1. The summed E-state index contributed by atoms with van der Waals surface area (Å²) in [7, 11) is 1.10. The number of hydrogen-bond donors (Lipinski definition) is 1. The van der Waals surface area contributed by atoms with E-state index in [-0.39, 0.29) is 21.2 Å². The van der Waals surface area contributed by atoms with Crippen molar-refractivity contribution >= 4 is 58.2 Å². The van der Waals surface area contributed by atoms with Gasteiger partial charge in [0.25, 0.3) is 0 Å². The summed E-state index contributed by atoms with van der Waals surface area (Å²) < 4.78 is 31.5. The maximum absolute atomic E-state index is 13.6. The number of aliphatic hydroxyl groups is 1. The van der Waals surface area contributed by atoms with Gasteiger partial charge < -0.3 is 9.84 Å². The van der Waals surface area contributed by atoms with E-state index in [2.05, 4.69) is 9.73 Å². The van der Waals surface area contributed by atoms with Gasteiger partial charge in [-0.05, 0) is 18.2 Å². The predicted octanol–water partition coefficient (Wildman–Crippen LogP) is 5.18. The molecule has 0 fully saturated rings. The fourth-order valence-corrected chi connectivity index (χ4v) is 3.15. The van der Waals surface area contributed by atoms with Crippen molar-refractivity contribution in [1.82, 2.24) is 0 Å². The van der Waals surface area contributed by atoms with Crippen LogP contribution in [0.25, 0.3) is 5.76 Å². The van der Waals surface area contributed by atoms with Crippen LogP contribution >= 0.6 is 34.5 Å². The first-order valence-electron chi connectivity index (χ1n) is 6.29. The van der Waals surface area contributed by atoms with E-state index >= 15 is 0 Å². The summed E-state index contributed by atoms with van der Waals surface area (Å²) in [6.45, 7) is 0. The monoisotopic (exact) mass is 391 g/mol. The Kier molecular flexibility index (Phi) is 5.93. The van der Waals surface area contributed by atoms with Gasteiger partial charge in [-0.1, -0.05) is 23.2 Å². The van der Waals surface area contributed by atoms with Crippen LogP contribution in [0.3, 0.4) is 0 Å². The predicted molar refractivity (Wildman–Crippen MR) is 90.4 cm³/mol. The van der Waals surface area contributed by atoms with Gasteiger partial charge in [-0.3, -0.25) is 4.99 Å². The van der Waals surface area contributed by atoms with Gasteiger partial charge in [0, 0.05) is 17.8 Å². The zero-order chi connectivity index (χ0) is 17.9. The molecule has 1 aromatic heterocycles. The second-order valence-corrected chi connectivity index (χ2v) is 6.63. The first-order valence-corrected chi connectivity index (χ1v) is 7.86. The van der Waals surface area contributed by atoms with E-state index in [1.165, 1.54) is 6.07 Å². The van der Waals surface area contributed by atoms with E-state index in [1.54, 1.807) is 0 Å². The molecular weight excluding hydrogens is 383 g/mol. The third kappa shape index (κ3) is 4.11. The minimum Gasteiger partial charge on any atom is -0.506 e. The van der Waals surface area contributed by atoms with E-state index in [0.29, 0.717) is 10.4 Å². The molecule has 0 atom stereocenters. The molecule has 0 saturated carbocycles. The molecule has 0 aliphatic carbocycles. The van der Waals surface area contributed by atoms with Crippen LogP contribution in [0.1, 0.15) is 5.56 Å². The Bertz CT molecular complexity index is 849. The average Bonchev–Trinajstić information content (AvgIpc) is 2.87. The van der Waals surface area contributed by atoms with E-state index in [1.807, 2.05) is 0 Å². The fourth-order valence-electron chi connectivity index (χ4n) is 1.69. The Morgan fingerprint density at radius 1 is 1.33 bits per heavy atom. The number of esters is 1. The van der Waals surface area contributed by atoms with Gasteiger partial charge in [-0.25, -0.2) is 13.6 Å². The third-order valence-electron chi connectivity index (χ3n) is 2.81. The van der Waals surface area contributed by atoms with Crippen molar-refractivity contribution < 1.29 is 23.4 Å². The van der Waals surface area contributed by atoms with E-state index < -0.39 is 23.4 Å². The van der Waals surface area contributed by atoms with Gasteiger partial charge in [-0.15, -0.1) is 11.3 Å². The van der Waals surface area contributed by atoms with Crippen molar-refractivity contribution in [1.29, 1.82) is 0 Å². The zero-order valence-electron chi connectivity index (χ0n) is 12.0. The van der Waals surface area contributed by atoms with Crippen molar-refractivity contribution in [2.45, 2.75) is 0 Å². The van der Waals surface area contributed by atoms with Crippen LogP contribution in [0, 0.1) is 11.6 Å². The maximum atomic E-state index is 13.6. The molecule has 0 saturated heterocycles. The van der Waals surface area contributed by atoms with Crippen molar-refractivity contribution in [3.05, 3.63) is 55.7 Å². The molecule has 24 heavy (non-hydrogen) atoms. The number of carbonyl (C=O) groups excluding carboxylic acids is 1.